The van der Waals surface area contributed by atoms with Crippen LogP contribution >= 0.6 is 0 Å². The van der Waals surface area contributed by atoms with Crippen molar-refractivity contribution in [3.05, 3.63) is 11.6 Å². The molecule has 4 aliphatic carbocycles. The summed E-state index contributed by atoms with van der Waals surface area (Å²) in [5.41, 5.74) is 0.464. The zero-order valence-electron chi connectivity index (χ0n) is 17.5. The highest BCUT2D eigenvalue weighted by molar-refractivity contribution is 5.76. The lowest BCUT2D eigenvalue weighted by molar-refractivity contribution is -0.136. The normalized spacial score (nSPS) is 59.4. The molecule has 160 valence electrons. The number of hydrogen-bond acceptors (Lipinski definition) is 6. The fraction of sp³-hybridized carbons (Fsp3) is 0.870. The maximum atomic E-state index is 11.6. The van der Waals surface area contributed by atoms with Crippen molar-refractivity contribution in [2.75, 3.05) is 6.61 Å². The van der Waals surface area contributed by atoms with Crippen molar-refractivity contribution in [1.29, 1.82) is 0 Å². The Labute approximate surface area is 172 Å². The molecule has 0 bridgehead atoms. The molecule has 0 amide bonds. The highest BCUT2D eigenvalue weighted by atomic mass is 16.6. The van der Waals surface area contributed by atoms with Crippen molar-refractivity contribution in [2.45, 2.75) is 88.9 Å². The van der Waals surface area contributed by atoms with E-state index in [1.807, 2.05) is 13.0 Å². The Hall–Kier alpha value is -0.950. The van der Waals surface area contributed by atoms with Crippen LogP contribution in [0.25, 0.3) is 0 Å². The van der Waals surface area contributed by atoms with Gasteiger partial charge in [-0.25, -0.2) is 4.99 Å². The van der Waals surface area contributed by atoms with Gasteiger partial charge in [0, 0.05) is 24.4 Å². The zero-order valence-corrected chi connectivity index (χ0v) is 17.5. The van der Waals surface area contributed by atoms with Crippen LogP contribution in [0.3, 0.4) is 0 Å². The molecule has 11 atom stereocenters. The first-order chi connectivity index (χ1) is 13.8. The van der Waals surface area contributed by atoms with E-state index in [9.17, 15) is 15.3 Å². The number of aliphatic hydroxyl groups is 3. The third-order valence-electron chi connectivity index (χ3n) is 9.95. The Morgan fingerprint density at radius 2 is 2.07 bits per heavy atom. The van der Waals surface area contributed by atoms with E-state index in [1.165, 1.54) is 5.57 Å². The van der Waals surface area contributed by atoms with Crippen molar-refractivity contribution in [3.63, 3.8) is 0 Å². The van der Waals surface area contributed by atoms with E-state index in [-0.39, 0.29) is 41.7 Å². The van der Waals surface area contributed by atoms with Gasteiger partial charge in [-0.2, -0.15) is 0 Å². The van der Waals surface area contributed by atoms with Gasteiger partial charge >= 0.3 is 0 Å². The van der Waals surface area contributed by atoms with Crippen molar-refractivity contribution < 1.29 is 24.8 Å². The Morgan fingerprint density at radius 1 is 1.28 bits per heavy atom. The molecule has 0 spiro atoms. The smallest absolute Gasteiger partial charge is 0.181 e. The Morgan fingerprint density at radius 3 is 2.83 bits per heavy atom. The molecule has 2 heterocycles. The minimum atomic E-state index is -0.505. The van der Waals surface area contributed by atoms with Gasteiger partial charge in [0.15, 0.2) is 5.90 Å². The van der Waals surface area contributed by atoms with E-state index in [2.05, 4.69) is 13.8 Å². The number of rotatable bonds is 2. The lowest BCUT2D eigenvalue weighted by Gasteiger charge is -2.60. The Balaban J connectivity index is 1.43. The molecule has 4 fully saturated rings. The molecule has 0 aromatic carbocycles. The maximum absolute atomic E-state index is 11.6. The predicted octanol–water partition coefficient (Wildman–Crippen LogP) is 1.82. The summed E-state index contributed by atoms with van der Waals surface area (Å²) in [5.74, 6) is 1.65. The molecule has 0 unspecified atom stereocenters. The fourth-order valence-electron chi connectivity index (χ4n) is 8.81. The van der Waals surface area contributed by atoms with Gasteiger partial charge in [-0.3, -0.25) is 0 Å². The SMILES string of the molecule is CC1=N[C@]2(CCO)[C@@H](C[C@H]3[C@@H]4CCC5=C[C@H](O)[C@@H]6O[C@@H]6[C@]5(C)[C@H]4[C@@H](O)C[C@@]32C)O1. The summed E-state index contributed by atoms with van der Waals surface area (Å²) in [6, 6.07) is 0. The molecule has 29 heavy (non-hydrogen) atoms. The fourth-order valence-corrected chi connectivity index (χ4v) is 8.81. The molecule has 2 aliphatic heterocycles. The summed E-state index contributed by atoms with van der Waals surface area (Å²) in [5, 5.41) is 31.8. The molecule has 6 heteroatoms. The van der Waals surface area contributed by atoms with Gasteiger partial charge in [-0.05, 0) is 49.9 Å². The Kier molecular flexibility index (Phi) is 3.65. The number of ether oxygens (including phenoxy) is 2. The second kappa shape index (κ2) is 5.64. The molecule has 3 saturated carbocycles. The number of nitrogens with zero attached hydrogens (tertiary/aromatic N) is 1. The van der Waals surface area contributed by atoms with Crippen LogP contribution in [0.15, 0.2) is 16.6 Å². The first kappa shape index (κ1) is 18.8. The molecule has 0 aromatic heterocycles. The van der Waals surface area contributed by atoms with Crippen LogP contribution in [0.5, 0.6) is 0 Å². The second-order valence-electron chi connectivity index (χ2n) is 10.9. The lowest BCUT2D eigenvalue weighted by atomic mass is 9.45. The number of fused-ring (bicyclic) bond motifs is 9. The van der Waals surface area contributed by atoms with Crippen LogP contribution in [0.2, 0.25) is 0 Å². The molecule has 6 nitrogen and oxygen atoms in total. The van der Waals surface area contributed by atoms with Crippen LogP contribution in [-0.4, -0.2) is 63.9 Å². The summed E-state index contributed by atoms with van der Waals surface area (Å²) in [4.78, 5) is 4.99. The largest absolute Gasteiger partial charge is 0.475 e. The summed E-state index contributed by atoms with van der Waals surface area (Å²) in [7, 11) is 0. The number of aliphatic hydroxyl groups excluding tert-OH is 3. The minimum Gasteiger partial charge on any atom is -0.475 e. The standard InChI is InChI=1S/C23H33NO5/c1-11-24-23(6-7-25)17(28-11)9-14-13-5-4-12-8-15(26)19-20(29-19)22(12,3)18(13)16(27)10-21(14,23)2/h8,13-20,25-27H,4-7,9-10H2,1-3H3/t13-,14-,15-,16-,17+,18+,19-,20-,21-,22-,23+/m0/s1. The summed E-state index contributed by atoms with van der Waals surface area (Å²) < 4.78 is 12.1. The number of hydrogen-bond donors (Lipinski definition) is 3. The number of aliphatic imine (C=N–C) groups is 1. The first-order valence-electron chi connectivity index (χ1n) is 11.3. The highest BCUT2D eigenvalue weighted by Crippen LogP contribution is 2.71. The van der Waals surface area contributed by atoms with Gasteiger partial charge in [0.2, 0.25) is 0 Å². The molecule has 6 rings (SSSR count). The van der Waals surface area contributed by atoms with Crippen molar-refractivity contribution in [2.24, 2.45) is 33.6 Å². The van der Waals surface area contributed by atoms with Gasteiger partial charge in [0.1, 0.15) is 23.9 Å². The van der Waals surface area contributed by atoms with E-state index in [0.717, 1.165) is 25.2 Å². The average molecular weight is 404 g/mol. The molecule has 0 aromatic rings. The monoisotopic (exact) mass is 403 g/mol. The average Bonchev–Trinajstić information content (AvgIpc) is 3.36. The van der Waals surface area contributed by atoms with Gasteiger partial charge in [-0.15, -0.1) is 0 Å². The Bertz CT molecular complexity index is 811. The van der Waals surface area contributed by atoms with Crippen molar-refractivity contribution >= 4 is 5.90 Å². The lowest BCUT2D eigenvalue weighted by Crippen LogP contribution is -2.61. The van der Waals surface area contributed by atoms with Crippen LogP contribution in [-0.2, 0) is 9.47 Å². The van der Waals surface area contributed by atoms with E-state index in [4.69, 9.17) is 14.5 Å². The first-order valence-corrected chi connectivity index (χ1v) is 11.3. The van der Waals surface area contributed by atoms with E-state index in [0.29, 0.717) is 24.7 Å². The second-order valence-corrected chi connectivity index (χ2v) is 10.9. The zero-order chi connectivity index (χ0) is 20.3. The van der Waals surface area contributed by atoms with E-state index in [1.54, 1.807) is 0 Å². The van der Waals surface area contributed by atoms with E-state index >= 15 is 0 Å². The summed E-state index contributed by atoms with van der Waals surface area (Å²) in [6.45, 7) is 6.54. The predicted molar refractivity (Wildman–Crippen MR) is 106 cm³/mol. The van der Waals surface area contributed by atoms with Gasteiger partial charge in [-0.1, -0.05) is 25.5 Å². The van der Waals surface area contributed by atoms with Gasteiger partial charge in [0.05, 0.1) is 12.2 Å². The van der Waals surface area contributed by atoms with Crippen LogP contribution in [0.1, 0.15) is 52.9 Å². The summed E-state index contributed by atoms with van der Waals surface area (Å²) >= 11 is 0. The van der Waals surface area contributed by atoms with E-state index < -0.39 is 17.7 Å². The third kappa shape index (κ3) is 2.05. The molecule has 6 aliphatic rings. The van der Waals surface area contributed by atoms with Crippen LogP contribution in [0.4, 0.5) is 0 Å². The molecular formula is C23H33NO5. The quantitative estimate of drug-likeness (QED) is 0.483. The highest BCUT2D eigenvalue weighted by Gasteiger charge is 2.74. The van der Waals surface area contributed by atoms with Crippen molar-refractivity contribution in [3.8, 4) is 0 Å². The maximum Gasteiger partial charge on any atom is 0.181 e. The minimum absolute atomic E-state index is 0.00144. The van der Waals surface area contributed by atoms with Crippen LogP contribution in [0, 0.1) is 28.6 Å². The third-order valence-corrected chi connectivity index (χ3v) is 9.95. The topological polar surface area (TPSA) is 94.8 Å². The van der Waals surface area contributed by atoms with Gasteiger partial charge in [0.25, 0.3) is 0 Å². The molecule has 3 N–H and O–H groups in total. The number of epoxide rings is 1. The molecular weight excluding hydrogens is 370 g/mol. The van der Waals surface area contributed by atoms with Crippen molar-refractivity contribution in [1.82, 2.24) is 0 Å². The molecule has 1 saturated heterocycles. The van der Waals surface area contributed by atoms with Crippen LogP contribution < -0.4 is 0 Å². The summed E-state index contributed by atoms with van der Waals surface area (Å²) in [6.07, 6.45) is 5.17. The molecule has 0 radical (unpaired) electrons. The van der Waals surface area contributed by atoms with Gasteiger partial charge < -0.3 is 24.8 Å².